The van der Waals surface area contributed by atoms with Gasteiger partial charge in [-0.15, -0.1) is 0 Å². The van der Waals surface area contributed by atoms with Crippen molar-refractivity contribution in [3.63, 3.8) is 0 Å². The maximum atomic E-state index is 7.60. The van der Waals surface area contributed by atoms with E-state index in [0.29, 0.717) is 11.8 Å². The Kier molecular flexibility index (Phi) is 6.58. The summed E-state index contributed by atoms with van der Waals surface area (Å²) in [6.45, 7) is 23.8. The fourth-order valence-electron chi connectivity index (χ4n) is 5.10. The molecule has 0 amide bonds. The molecule has 0 aromatic heterocycles. The Labute approximate surface area is 180 Å². The van der Waals surface area contributed by atoms with Gasteiger partial charge in [0.15, 0.2) is 0 Å². The Balaban J connectivity index is 2.80. The van der Waals surface area contributed by atoms with Crippen molar-refractivity contribution < 1.29 is 0 Å². The van der Waals surface area contributed by atoms with Crippen LogP contribution in [0.4, 0.5) is 5.69 Å². The number of allylic oxidation sites excluding steroid dienone is 1. The number of hydrogen-bond donors (Lipinski definition) is 0. The molecule has 0 unspecified atom stereocenters. The van der Waals surface area contributed by atoms with Crippen molar-refractivity contribution in [1.29, 1.82) is 0 Å². The normalized spacial score (nSPS) is 19.4. The number of halogens is 2. The number of anilines is 1. The Morgan fingerprint density at radius 1 is 0.852 bits per heavy atom. The van der Waals surface area contributed by atoms with Gasteiger partial charge in [0.25, 0.3) is 0 Å². The predicted octanol–water partition coefficient (Wildman–Crippen LogP) is 8.18. The summed E-state index contributed by atoms with van der Waals surface area (Å²) >= 11 is -3.48. The van der Waals surface area contributed by atoms with Gasteiger partial charge in [-0.25, -0.2) is 0 Å². The third-order valence-corrected chi connectivity index (χ3v) is 41.6. The van der Waals surface area contributed by atoms with E-state index in [9.17, 15) is 0 Å². The second-order valence-corrected chi connectivity index (χ2v) is 35.4. The van der Waals surface area contributed by atoms with E-state index in [4.69, 9.17) is 20.0 Å². The van der Waals surface area contributed by atoms with E-state index in [1.54, 1.807) is 0 Å². The van der Waals surface area contributed by atoms with E-state index in [-0.39, 0.29) is 3.49 Å². The summed E-state index contributed by atoms with van der Waals surface area (Å²) in [6.07, 6.45) is 4.75. The molecule has 0 bridgehead atoms. The second kappa shape index (κ2) is 7.53. The summed E-state index contributed by atoms with van der Waals surface area (Å²) in [6, 6.07) is 6.71. The third-order valence-electron chi connectivity index (χ3n) is 6.20. The molecule has 27 heavy (non-hydrogen) atoms. The van der Waals surface area contributed by atoms with Crippen molar-refractivity contribution in [2.75, 3.05) is 3.86 Å². The van der Waals surface area contributed by atoms with Crippen molar-refractivity contribution in [3.05, 3.63) is 41.6 Å². The Hall–Kier alpha value is 0.317. The predicted molar refractivity (Wildman–Crippen MR) is 133 cm³/mol. The standard InChI is InChI=1S/C21H37Cl2GeNSi2/c1-16(2)18-12-11-13-19(17(3)4)20(18)25-15-14-21(24(25,22)23,26(5,6)7)27(8,9)10/h11-17H,1-10H3. The zero-order chi connectivity index (χ0) is 21.0. The average molecular weight is 503 g/mol. The van der Waals surface area contributed by atoms with Crippen LogP contribution >= 0.6 is 20.0 Å². The zero-order valence-corrected chi connectivity index (χ0v) is 24.4. The van der Waals surface area contributed by atoms with Gasteiger partial charge < -0.3 is 0 Å². The molecule has 1 aliphatic rings. The van der Waals surface area contributed by atoms with Crippen LogP contribution in [0.3, 0.4) is 0 Å². The number of nitrogens with zero attached hydrogens (tertiary/aromatic N) is 1. The van der Waals surface area contributed by atoms with Gasteiger partial charge in [-0.1, -0.05) is 0 Å². The molecule has 1 nitrogen and oxygen atoms in total. The minimum absolute atomic E-state index is 0.0431. The molecule has 1 aromatic rings. The van der Waals surface area contributed by atoms with Crippen LogP contribution < -0.4 is 3.86 Å². The molecule has 0 spiro atoms. The summed E-state index contributed by atoms with van der Waals surface area (Å²) in [5.41, 5.74) is 4.02. The Morgan fingerprint density at radius 3 is 1.56 bits per heavy atom. The molecule has 1 aromatic carbocycles. The van der Waals surface area contributed by atoms with Crippen LogP contribution in [0.1, 0.15) is 50.7 Å². The minimum atomic E-state index is -3.48. The van der Waals surface area contributed by atoms with Crippen LogP contribution in [0.15, 0.2) is 30.5 Å². The molecule has 0 radical (unpaired) electrons. The molecule has 152 valence electrons. The van der Waals surface area contributed by atoms with Crippen LogP contribution in [0, 0.1) is 0 Å². The van der Waals surface area contributed by atoms with Gasteiger partial charge in [-0.2, -0.15) is 0 Å². The van der Waals surface area contributed by atoms with Crippen LogP contribution in [0.2, 0.25) is 42.8 Å². The average Bonchev–Trinajstić information content (AvgIpc) is 2.77. The Bertz CT molecular complexity index is 690. The molecule has 1 heterocycles. The quantitative estimate of drug-likeness (QED) is 0.367. The molecule has 6 heteroatoms. The molecule has 0 aliphatic carbocycles. The number of rotatable bonds is 5. The molecule has 0 N–H and O–H groups in total. The molecule has 0 saturated heterocycles. The second-order valence-electron chi connectivity index (χ2n) is 10.6. The zero-order valence-electron chi connectivity index (χ0n) is 18.7. The summed E-state index contributed by atoms with van der Waals surface area (Å²) in [7, 11) is 11.9. The van der Waals surface area contributed by atoms with E-state index in [0.717, 1.165) is 0 Å². The van der Waals surface area contributed by atoms with Crippen molar-refractivity contribution in [2.24, 2.45) is 0 Å². The van der Waals surface area contributed by atoms with Gasteiger partial charge in [0, 0.05) is 0 Å². The van der Waals surface area contributed by atoms with E-state index in [1.165, 1.54) is 16.8 Å². The molecule has 0 fully saturated rings. The third kappa shape index (κ3) is 3.65. The topological polar surface area (TPSA) is 3.24 Å². The summed E-state index contributed by atoms with van der Waals surface area (Å²) in [4.78, 5) is 0. The first-order valence-electron chi connectivity index (χ1n) is 10.1. The molecular formula is C21H37Cl2GeNSi2. The van der Waals surface area contributed by atoms with E-state index in [1.807, 2.05) is 0 Å². The number of benzene rings is 1. The summed E-state index contributed by atoms with van der Waals surface area (Å²) < 4.78 is 2.44. The molecule has 0 atom stereocenters. The van der Waals surface area contributed by atoms with Gasteiger partial charge in [0.2, 0.25) is 0 Å². The van der Waals surface area contributed by atoms with Crippen molar-refractivity contribution >= 4 is 53.5 Å². The summed E-state index contributed by atoms with van der Waals surface area (Å²) in [5.74, 6) is 0.875. The number of para-hydroxylation sites is 1. The van der Waals surface area contributed by atoms with Crippen LogP contribution in [0.5, 0.6) is 0 Å². The SMILES string of the molecule is CC(C)c1cccc(C(C)C)c1[N]1C=C[C]([Si](C)(C)C)([Si](C)(C)C)[Ge]1([Cl])[Cl]. The first-order chi connectivity index (χ1) is 12.1. The van der Waals surface area contributed by atoms with E-state index in [2.05, 4.69) is 101 Å². The molecule has 1 aliphatic heterocycles. The molecule has 2 rings (SSSR count). The van der Waals surface area contributed by atoms with Crippen LogP contribution in [-0.2, 0) is 0 Å². The first-order valence-corrected chi connectivity index (χ1v) is 24.6. The monoisotopic (exact) mass is 503 g/mol. The fourth-order valence-corrected chi connectivity index (χ4v) is 52.5. The van der Waals surface area contributed by atoms with Crippen molar-refractivity contribution in [1.82, 2.24) is 0 Å². The van der Waals surface area contributed by atoms with Crippen LogP contribution in [0.25, 0.3) is 0 Å². The van der Waals surface area contributed by atoms with Gasteiger partial charge in [0.1, 0.15) is 0 Å². The Morgan fingerprint density at radius 2 is 1.26 bits per heavy atom. The first kappa shape index (κ1) is 23.6. The fraction of sp³-hybridized carbons (Fsp3) is 0.619. The van der Waals surface area contributed by atoms with Gasteiger partial charge in [0.05, 0.1) is 0 Å². The maximum absolute atomic E-state index is 7.60. The van der Waals surface area contributed by atoms with Gasteiger partial charge >= 0.3 is 181 Å². The summed E-state index contributed by atoms with van der Waals surface area (Å²) in [5, 5.41) is 0. The van der Waals surface area contributed by atoms with E-state index >= 15 is 0 Å². The van der Waals surface area contributed by atoms with Crippen LogP contribution in [-0.4, -0.2) is 27.8 Å². The van der Waals surface area contributed by atoms with Gasteiger partial charge in [-0.05, 0) is 0 Å². The van der Waals surface area contributed by atoms with Crippen molar-refractivity contribution in [2.45, 2.75) is 82.3 Å². The van der Waals surface area contributed by atoms with E-state index < -0.39 is 27.8 Å². The molecule has 0 saturated carbocycles. The van der Waals surface area contributed by atoms with Crippen molar-refractivity contribution in [3.8, 4) is 0 Å². The van der Waals surface area contributed by atoms with Gasteiger partial charge in [-0.3, -0.25) is 0 Å². The molecular weight excluding hydrogens is 466 g/mol. The number of hydrogen-bond acceptors (Lipinski definition) is 1.